The number of nitrogens with one attached hydrogen (secondary N) is 1. The number of tetrazole rings is 1. The van der Waals surface area contributed by atoms with Crippen LogP contribution in [-0.4, -0.2) is 35.9 Å². The molecular formula is C23H23N7O3. The molecule has 0 atom stereocenters. The summed E-state index contributed by atoms with van der Waals surface area (Å²) in [6.45, 7) is 6.00. The van der Waals surface area contributed by atoms with E-state index in [9.17, 15) is 9.59 Å². The molecular weight excluding hydrogens is 422 g/mol. The molecule has 0 spiro atoms. The van der Waals surface area contributed by atoms with Crippen LogP contribution in [0.3, 0.4) is 0 Å². The van der Waals surface area contributed by atoms with Gasteiger partial charge in [0.05, 0.1) is 5.69 Å². The van der Waals surface area contributed by atoms with Gasteiger partial charge in [0.25, 0.3) is 0 Å². The lowest BCUT2D eigenvalue weighted by Gasteiger charge is -2.13. The van der Waals surface area contributed by atoms with Gasteiger partial charge in [-0.3, -0.25) is 5.32 Å². The molecule has 4 rings (SSSR count). The van der Waals surface area contributed by atoms with Crippen molar-refractivity contribution in [1.29, 1.82) is 0 Å². The van der Waals surface area contributed by atoms with E-state index in [1.807, 2.05) is 51.1 Å². The monoisotopic (exact) mass is 445 g/mol. The summed E-state index contributed by atoms with van der Waals surface area (Å²) >= 11 is 0. The molecule has 2 aromatic heterocycles. The summed E-state index contributed by atoms with van der Waals surface area (Å²) < 4.78 is 8.45. The average molecular weight is 445 g/mol. The Labute approximate surface area is 189 Å². The molecule has 0 fully saturated rings. The minimum absolute atomic E-state index is 0.0856. The zero-order valence-corrected chi connectivity index (χ0v) is 18.7. The molecule has 4 aromatic rings. The maximum atomic E-state index is 12.5. The van der Waals surface area contributed by atoms with E-state index < -0.39 is 11.8 Å². The van der Waals surface area contributed by atoms with E-state index in [0.29, 0.717) is 11.5 Å². The van der Waals surface area contributed by atoms with Gasteiger partial charge in [-0.2, -0.15) is 9.67 Å². The smallest absolute Gasteiger partial charge is 0.410 e. The van der Waals surface area contributed by atoms with Crippen LogP contribution in [0.25, 0.3) is 16.8 Å². The zero-order valence-electron chi connectivity index (χ0n) is 18.7. The van der Waals surface area contributed by atoms with Crippen LogP contribution in [0.1, 0.15) is 31.2 Å². The second kappa shape index (κ2) is 9.03. The van der Waals surface area contributed by atoms with Crippen LogP contribution in [-0.2, 0) is 7.05 Å². The molecule has 0 aliphatic heterocycles. The Kier molecular flexibility index (Phi) is 5.99. The van der Waals surface area contributed by atoms with Crippen LogP contribution in [0.15, 0.2) is 59.5 Å². The van der Waals surface area contributed by atoms with E-state index in [1.165, 1.54) is 16.8 Å². The van der Waals surface area contributed by atoms with Gasteiger partial charge < -0.3 is 9.30 Å². The van der Waals surface area contributed by atoms with Gasteiger partial charge in [-0.1, -0.05) is 43.7 Å². The summed E-state index contributed by atoms with van der Waals surface area (Å²) in [6, 6.07) is 14.9. The van der Waals surface area contributed by atoms with Crippen molar-refractivity contribution in [1.82, 2.24) is 29.8 Å². The standard InChI is InChI=1S/C23H23N7O3/c1-14(2)21-26-27-28-30(21)18-11-17(16-7-5-15(3)6-8-16)12-19(13-18)33-23(32)25-20-9-10-29(4)22(31)24-20/h5-14H,1-4H3,(H,24,25,31,32). The summed E-state index contributed by atoms with van der Waals surface area (Å²) in [7, 11) is 1.57. The highest BCUT2D eigenvalue weighted by atomic mass is 16.6. The Morgan fingerprint density at radius 1 is 1.06 bits per heavy atom. The van der Waals surface area contributed by atoms with Crippen molar-refractivity contribution in [2.24, 2.45) is 7.05 Å². The van der Waals surface area contributed by atoms with Gasteiger partial charge in [0.1, 0.15) is 11.6 Å². The van der Waals surface area contributed by atoms with Gasteiger partial charge in [0.15, 0.2) is 5.82 Å². The number of rotatable bonds is 5. The Hall–Kier alpha value is -4.34. The SMILES string of the molecule is Cc1ccc(-c2cc(OC(=O)Nc3ccn(C)c(=O)n3)cc(-n3nnnc3C(C)C)c2)cc1. The van der Waals surface area contributed by atoms with Crippen molar-refractivity contribution >= 4 is 11.9 Å². The number of ether oxygens (including phenoxy) is 1. The van der Waals surface area contributed by atoms with Crippen molar-refractivity contribution in [2.45, 2.75) is 26.7 Å². The van der Waals surface area contributed by atoms with E-state index in [-0.39, 0.29) is 17.5 Å². The van der Waals surface area contributed by atoms with Gasteiger partial charge in [-0.25, -0.2) is 9.59 Å². The number of hydrogen-bond acceptors (Lipinski definition) is 7. The second-order valence-electron chi connectivity index (χ2n) is 7.91. The zero-order chi connectivity index (χ0) is 23.5. The second-order valence-corrected chi connectivity index (χ2v) is 7.91. The number of aromatic nitrogens is 6. The first-order chi connectivity index (χ1) is 15.8. The summed E-state index contributed by atoms with van der Waals surface area (Å²) in [5.74, 6) is 1.15. The number of carbonyl (C=O) groups is 1. The van der Waals surface area contributed by atoms with Crippen molar-refractivity contribution < 1.29 is 9.53 Å². The third kappa shape index (κ3) is 4.95. The molecule has 0 aliphatic carbocycles. The lowest BCUT2D eigenvalue weighted by atomic mass is 10.0. The third-order valence-electron chi connectivity index (χ3n) is 4.95. The Bertz CT molecular complexity index is 1360. The van der Waals surface area contributed by atoms with Gasteiger partial charge in [0, 0.05) is 25.2 Å². The number of hydrogen-bond donors (Lipinski definition) is 1. The molecule has 0 saturated carbocycles. The van der Waals surface area contributed by atoms with Gasteiger partial charge >= 0.3 is 11.8 Å². The van der Waals surface area contributed by atoms with Crippen LogP contribution in [0, 0.1) is 6.92 Å². The number of benzene rings is 2. The van der Waals surface area contributed by atoms with Gasteiger partial charge in [-0.05, 0) is 46.7 Å². The molecule has 0 bridgehead atoms. The molecule has 2 aromatic carbocycles. The lowest BCUT2D eigenvalue weighted by Crippen LogP contribution is -2.24. The topological polar surface area (TPSA) is 117 Å². The molecule has 1 N–H and O–H groups in total. The quantitative estimate of drug-likeness (QED) is 0.500. The number of amides is 1. The molecule has 1 amide bonds. The number of aryl methyl sites for hydroxylation is 2. The Morgan fingerprint density at radius 2 is 1.82 bits per heavy atom. The third-order valence-corrected chi connectivity index (χ3v) is 4.95. The minimum Gasteiger partial charge on any atom is -0.410 e. The van der Waals surface area contributed by atoms with E-state index >= 15 is 0 Å². The maximum absolute atomic E-state index is 12.5. The summed E-state index contributed by atoms with van der Waals surface area (Å²) in [6.07, 6.45) is 0.732. The predicted molar refractivity (Wildman–Crippen MR) is 123 cm³/mol. The molecule has 0 saturated heterocycles. The Balaban J connectivity index is 1.70. The van der Waals surface area contributed by atoms with E-state index in [1.54, 1.807) is 23.9 Å². The number of anilines is 1. The van der Waals surface area contributed by atoms with E-state index in [4.69, 9.17) is 4.74 Å². The van der Waals surface area contributed by atoms with Crippen LogP contribution in [0.4, 0.5) is 10.6 Å². The summed E-state index contributed by atoms with van der Waals surface area (Å²) in [5.41, 5.74) is 3.06. The largest absolute Gasteiger partial charge is 0.418 e. The summed E-state index contributed by atoms with van der Waals surface area (Å²) in [5, 5.41) is 14.5. The highest BCUT2D eigenvalue weighted by molar-refractivity contribution is 5.85. The number of nitrogens with zero attached hydrogens (tertiary/aromatic N) is 6. The molecule has 10 heteroatoms. The first kappa shape index (κ1) is 21.9. The van der Waals surface area contributed by atoms with Gasteiger partial charge in [0.2, 0.25) is 0 Å². The maximum Gasteiger partial charge on any atom is 0.418 e. The predicted octanol–water partition coefficient (Wildman–Crippen LogP) is 3.47. The first-order valence-corrected chi connectivity index (χ1v) is 10.3. The van der Waals surface area contributed by atoms with Crippen molar-refractivity contribution in [2.75, 3.05) is 5.32 Å². The molecule has 0 aliphatic rings. The molecule has 0 radical (unpaired) electrons. The fourth-order valence-corrected chi connectivity index (χ4v) is 3.19. The first-order valence-electron chi connectivity index (χ1n) is 10.3. The highest BCUT2D eigenvalue weighted by Crippen LogP contribution is 2.29. The van der Waals surface area contributed by atoms with Crippen molar-refractivity contribution in [3.63, 3.8) is 0 Å². The summed E-state index contributed by atoms with van der Waals surface area (Å²) in [4.78, 5) is 28.0. The van der Waals surface area contributed by atoms with Crippen LogP contribution < -0.4 is 15.7 Å². The fourth-order valence-electron chi connectivity index (χ4n) is 3.19. The minimum atomic E-state index is -0.774. The van der Waals surface area contributed by atoms with Crippen LogP contribution in [0.2, 0.25) is 0 Å². The number of carbonyl (C=O) groups excluding carboxylic acids is 1. The molecule has 33 heavy (non-hydrogen) atoms. The van der Waals surface area contributed by atoms with Gasteiger partial charge in [-0.15, -0.1) is 5.10 Å². The van der Waals surface area contributed by atoms with E-state index in [0.717, 1.165) is 16.7 Å². The van der Waals surface area contributed by atoms with Crippen LogP contribution in [0.5, 0.6) is 5.75 Å². The highest BCUT2D eigenvalue weighted by Gasteiger charge is 2.16. The average Bonchev–Trinajstić information content (AvgIpc) is 3.27. The van der Waals surface area contributed by atoms with Crippen molar-refractivity contribution in [3.05, 3.63) is 76.6 Å². The lowest BCUT2D eigenvalue weighted by molar-refractivity contribution is 0.215. The van der Waals surface area contributed by atoms with Crippen LogP contribution >= 0.6 is 0 Å². The molecule has 2 heterocycles. The Morgan fingerprint density at radius 3 is 2.52 bits per heavy atom. The normalized spacial score (nSPS) is 10.9. The molecule has 0 unspecified atom stereocenters. The molecule has 168 valence electrons. The molecule has 10 nitrogen and oxygen atoms in total. The van der Waals surface area contributed by atoms with Crippen molar-refractivity contribution in [3.8, 4) is 22.6 Å². The van der Waals surface area contributed by atoms with E-state index in [2.05, 4.69) is 25.8 Å². The fraction of sp³-hybridized carbons (Fsp3) is 0.217.